The van der Waals surface area contributed by atoms with Crippen LogP contribution in [0.15, 0.2) is 36.6 Å². The molecule has 2 aromatic rings. The summed E-state index contributed by atoms with van der Waals surface area (Å²) in [5.41, 5.74) is 7.71. The number of carboxylic acids is 1. The molecule has 3 atom stereocenters. The summed E-state index contributed by atoms with van der Waals surface area (Å²) in [5, 5.41) is 12.7. The highest BCUT2D eigenvalue weighted by atomic mass is 35.5. The number of benzene rings is 1. The van der Waals surface area contributed by atoms with Crippen LogP contribution in [-0.4, -0.2) is 46.4 Å². The van der Waals surface area contributed by atoms with Crippen molar-refractivity contribution in [2.24, 2.45) is 5.41 Å². The molecule has 1 saturated heterocycles. The number of anilines is 1. The van der Waals surface area contributed by atoms with Crippen LogP contribution in [0.25, 0.3) is 11.1 Å². The molecule has 8 nitrogen and oxygen atoms in total. The van der Waals surface area contributed by atoms with Crippen LogP contribution in [0.2, 0.25) is 5.02 Å². The van der Waals surface area contributed by atoms with Crippen molar-refractivity contribution in [2.45, 2.75) is 56.8 Å². The molecule has 1 fully saturated rings. The molecule has 208 valence electrons. The summed E-state index contributed by atoms with van der Waals surface area (Å²) >= 11 is 6.14. The Labute approximate surface area is 228 Å². The van der Waals surface area contributed by atoms with Crippen LogP contribution in [0.3, 0.4) is 0 Å². The minimum atomic E-state index is -4.77. The third kappa shape index (κ3) is 5.99. The molecule has 1 aliphatic carbocycles. The predicted octanol–water partition coefficient (Wildman–Crippen LogP) is 5.55. The highest BCUT2D eigenvalue weighted by Crippen LogP contribution is 2.45. The van der Waals surface area contributed by atoms with Gasteiger partial charge < -0.3 is 25.6 Å². The zero-order chi connectivity index (χ0) is 27.8. The number of allylic oxidation sites excluding steroid dienone is 3. The molecule has 0 amide bonds. The maximum atomic E-state index is 14.4. The molecule has 0 bridgehead atoms. The minimum absolute atomic E-state index is 0.108. The molecule has 12 heteroatoms. The van der Waals surface area contributed by atoms with Gasteiger partial charge in [-0.3, -0.25) is 4.79 Å². The second-order valence-corrected chi connectivity index (χ2v) is 10.7. The molecule has 2 aliphatic heterocycles. The molecule has 3 aliphatic rings. The Morgan fingerprint density at radius 2 is 2.08 bits per heavy atom. The average molecular weight is 565 g/mol. The highest BCUT2D eigenvalue weighted by Gasteiger charge is 2.45. The molecule has 1 aromatic heterocycles. The Morgan fingerprint density at radius 1 is 1.26 bits per heavy atom. The largest absolute Gasteiger partial charge is 0.501 e. The van der Waals surface area contributed by atoms with E-state index >= 15 is 0 Å². The monoisotopic (exact) mass is 564 g/mol. The van der Waals surface area contributed by atoms with E-state index in [0.29, 0.717) is 73.5 Å². The number of nitrogen functional groups attached to an aromatic ring is 1. The summed E-state index contributed by atoms with van der Waals surface area (Å²) < 4.78 is 54.1. The van der Waals surface area contributed by atoms with Gasteiger partial charge in [0.2, 0.25) is 17.9 Å². The van der Waals surface area contributed by atoms with E-state index in [-0.39, 0.29) is 22.8 Å². The van der Waals surface area contributed by atoms with Crippen molar-refractivity contribution in [3.05, 3.63) is 58.4 Å². The summed E-state index contributed by atoms with van der Waals surface area (Å²) in [5.74, 6) is -1.38. The first-order valence-corrected chi connectivity index (χ1v) is 13.0. The fourth-order valence-corrected chi connectivity index (χ4v) is 5.68. The van der Waals surface area contributed by atoms with E-state index in [9.17, 15) is 23.1 Å². The van der Waals surface area contributed by atoms with Gasteiger partial charge in [-0.05, 0) is 72.8 Å². The lowest BCUT2D eigenvalue weighted by atomic mass is 9.73. The lowest BCUT2D eigenvalue weighted by Gasteiger charge is -2.32. The van der Waals surface area contributed by atoms with Crippen LogP contribution in [-0.2, 0) is 9.53 Å². The van der Waals surface area contributed by atoms with Gasteiger partial charge in [0.05, 0.1) is 18.6 Å². The third-order valence-corrected chi connectivity index (χ3v) is 7.76. The Bertz CT molecular complexity index is 1330. The van der Waals surface area contributed by atoms with Gasteiger partial charge in [0.15, 0.2) is 0 Å². The third-order valence-electron chi connectivity index (χ3n) is 7.53. The molecule has 0 radical (unpaired) electrons. The lowest BCUT2D eigenvalue weighted by molar-refractivity contribution is -0.198. The van der Waals surface area contributed by atoms with Gasteiger partial charge in [-0.1, -0.05) is 23.7 Å². The number of nitrogens with one attached hydrogen (secondary N) is 1. The van der Waals surface area contributed by atoms with Crippen molar-refractivity contribution >= 4 is 34.7 Å². The number of carboxylic acid groups (broad SMARTS) is 1. The van der Waals surface area contributed by atoms with Crippen LogP contribution in [0.5, 0.6) is 5.88 Å². The number of ether oxygens (including phenoxy) is 2. The molecule has 1 aromatic carbocycles. The Balaban J connectivity index is 1.43. The Morgan fingerprint density at radius 3 is 2.72 bits per heavy atom. The molecule has 0 saturated carbocycles. The smallest absolute Gasteiger partial charge is 0.429 e. The van der Waals surface area contributed by atoms with Gasteiger partial charge in [0.1, 0.15) is 6.04 Å². The van der Waals surface area contributed by atoms with Crippen molar-refractivity contribution in [3.8, 4) is 5.88 Å². The Kier molecular flexibility index (Phi) is 7.47. The molecule has 5 rings (SSSR count). The summed E-state index contributed by atoms with van der Waals surface area (Å²) in [6, 6.07) is 4.96. The molecule has 1 spiro atoms. The van der Waals surface area contributed by atoms with E-state index in [2.05, 4.69) is 15.3 Å². The first-order valence-electron chi connectivity index (χ1n) is 12.7. The standard InChI is InChI=1S/C27H28ClF3N4O4/c28-17-3-4-18(19(10-17)16-2-1-9-38-13-16)23(27(29,30)31)39-22-11-20(34-25(32)35-22)15-5-7-26(8-6-15)12-21(24(36)37)33-14-26/h3-5,10-11,13,21,23,33H,1-2,6-9,12,14H2,(H,36,37)(H2,32,34,35)/t21?,23-,26?/m1/s1. The van der Waals surface area contributed by atoms with E-state index < -0.39 is 24.3 Å². The zero-order valence-electron chi connectivity index (χ0n) is 20.9. The number of alkyl halides is 3. The van der Waals surface area contributed by atoms with Gasteiger partial charge in [-0.25, -0.2) is 4.98 Å². The second-order valence-electron chi connectivity index (χ2n) is 10.2. The maximum absolute atomic E-state index is 14.4. The van der Waals surface area contributed by atoms with E-state index in [4.69, 9.17) is 26.8 Å². The van der Waals surface area contributed by atoms with Crippen molar-refractivity contribution in [1.29, 1.82) is 0 Å². The van der Waals surface area contributed by atoms with Gasteiger partial charge >= 0.3 is 12.1 Å². The van der Waals surface area contributed by atoms with Crippen LogP contribution >= 0.6 is 11.6 Å². The summed E-state index contributed by atoms with van der Waals surface area (Å²) in [7, 11) is 0. The minimum Gasteiger partial charge on any atom is -0.501 e. The lowest BCUT2D eigenvalue weighted by Crippen LogP contribution is -2.30. The molecule has 4 N–H and O–H groups in total. The zero-order valence-corrected chi connectivity index (χ0v) is 21.7. The molecule has 3 heterocycles. The fraction of sp³-hybridized carbons (Fsp3) is 0.444. The number of carbonyl (C=O) groups is 1. The number of hydrogen-bond donors (Lipinski definition) is 3. The number of rotatable bonds is 6. The van der Waals surface area contributed by atoms with Gasteiger partial charge in [-0.15, -0.1) is 0 Å². The number of hydrogen-bond acceptors (Lipinski definition) is 7. The SMILES string of the molecule is Nc1nc(O[C@H](c2ccc(Cl)cc2C2=COCCC2)C(F)(F)F)cc(C2=CCC3(CC2)CNC(C(=O)O)C3)n1. The van der Waals surface area contributed by atoms with E-state index in [0.717, 1.165) is 5.57 Å². The fourth-order valence-electron chi connectivity index (χ4n) is 5.51. The van der Waals surface area contributed by atoms with Crippen molar-refractivity contribution in [1.82, 2.24) is 15.3 Å². The maximum Gasteiger partial charge on any atom is 0.429 e. The first-order chi connectivity index (χ1) is 18.5. The average Bonchev–Trinajstić information content (AvgIpc) is 3.31. The summed E-state index contributed by atoms with van der Waals surface area (Å²) in [4.78, 5) is 19.5. The quantitative estimate of drug-likeness (QED) is 0.418. The molecule has 2 unspecified atom stereocenters. The van der Waals surface area contributed by atoms with E-state index in [1.807, 2.05) is 6.08 Å². The second kappa shape index (κ2) is 10.7. The normalized spacial score (nSPS) is 24.1. The Hall–Kier alpha value is -3.31. The van der Waals surface area contributed by atoms with Crippen LogP contribution in [0.4, 0.5) is 19.1 Å². The van der Waals surface area contributed by atoms with Gasteiger partial charge in [0.25, 0.3) is 0 Å². The van der Waals surface area contributed by atoms with Crippen LogP contribution in [0.1, 0.15) is 61.4 Å². The van der Waals surface area contributed by atoms with E-state index in [1.165, 1.54) is 30.5 Å². The van der Waals surface area contributed by atoms with E-state index in [1.54, 1.807) is 0 Å². The highest BCUT2D eigenvalue weighted by molar-refractivity contribution is 6.30. The molecule has 39 heavy (non-hydrogen) atoms. The topological polar surface area (TPSA) is 120 Å². The molecular weight excluding hydrogens is 537 g/mol. The number of aromatic nitrogens is 2. The van der Waals surface area contributed by atoms with Crippen LogP contribution in [0, 0.1) is 5.41 Å². The van der Waals surface area contributed by atoms with Crippen LogP contribution < -0.4 is 15.8 Å². The summed E-state index contributed by atoms with van der Waals surface area (Å²) in [6.45, 7) is 1.08. The van der Waals surface area contributed by atoms with Crippen molar-refractivity contribution < 1.29 is 32.5 Å². The number of nitrogens with two attached hydrogens (primary N) is 1. The van der Waals surface area contributed by atoms with Crippen molar-refractivity contribution in [3.63, 3.8) is 0 Å². The molecular formula is C27H28ClF3N4O4. The van der Waals surface area contributed by atoms with Crippen molar-refractivity contribution in [2.75, 3.05) is 18.9 Å². The number of nitrogens with zero attached hydrogens (tertiary/aromatic N) is 2. The first kappa shape index (κ1) is 27.3. The van der Waals surface area contributed by atoms with Gasteiger partial charge in [-0.2, -0.15) is 18.2 Å². The number of aliphatic carboxylic acids is 1. The predicted molar refractivity (Wildman–Crippen MR) is 139 cm³/mol. The number of halogens is 4. The summed E-state index contributed by atoms with van der Waals surface area (Å²) in [6.07, 6.45) is -0.0515. The van der Waals surface area contributed by atoms with Gasteiger partial charge in [0, 0.05) is 23.2 Å².